The molecular weight excluding hydrogens is 340 g/mol. The van der Waals surface area contributed by atoms with E-state index in [1.807, 2.05) is 0 Å². The Morgan fingerprint density at radius 2 is 1.71 bits per heavy atom. The highest BCUT2D eigenvalue weighted by molar-refractivity contribution is 6.33. The lowest BCUT2D eigenvalue weighted by atomic mass is 9.81. The Balaban J connectivity index is 1.95. The van der Waals surface area contributed by atoms with Gasteiger partial charge in [0.15, 0.2) is 0 Å². The lowest BCUT2D eigenvalue weighted by Gasteiger charge is -2.24. The molecule has 0 amide bonds. The minimum atomic E-state index is -0.853. The van der Waals surface area contributed by atoms with Crippen LogP contribution in [0, 0.1) is 10.1 Å². The number of nitrogens with one attached hydrogen (secondary N) is 1. The third kappa shape index (κ3) is 1.93. The van der Waals surface area contributed by atoms with E-state index in [9.17, 15) is 19.7 Å². The van der Waals surface area contributed by atoms with E-state index in [0.29, 0.717) is 17.0 Å². The fourth-order valence-corrected chi connectivity index (χ4v) is 3.47. The van der Waals surface area contributed by atoms with Crippen LogP contribution in [0.3, 0.4) is 0 Å². The van der Waals surface area contributed by atoms with Gasteiger partial charge in [-0.05, 0) is 5.56 Å². The molecule has 0 bridgehead atoms. The fourth-order valence-electron chi connectivity index (χ4n) is 3.16. The summed E-state index contributed by atoms with van der Waals surface area (Å²) in [7, 11) is 0. The van der Waals surface area contributed by atoms with Gasteiger partial charge in [0.25, 0.3) is 5.69 Å². The van der Waals surface area contributed by atoms with Gasteiger partial charge in [-0.15, -0.1) is 0 Å². The first-order valence-corrected chi connectivity index (χ1v) is 7.37. The Hall–Kier alpha value is -2.87. The summed E-state index contributed by atoms with van der Waals surface area (Å²) in [6.45, 7) is 0.0877. The maximum Gasteiger partial charge on any atom is 0.337 e. The molecule has 0 saturated heterocycles. The molecule has 8 nitrogen and oxygen atoms in total. The summed E-state index contributed by atoms with van der Waals surface area (Å²) in [5.41, 5.74) is 1.50. The molecule has 0 radical (unpaired) electrons. The predicted octanol–water partition coefficient (Wildman–Crippen LogP) is 1.56. The van der Waals surface area contributed by atoms with Crippen molar-refractivity contribution in [3.05, 3.63) is 61.4 Å². The Morgan fingerprint density at radius 3 is 2.25 bits per heavy atom. The van der Waals surface area contributed by atoms with E-state index in [0.717, 1.165) is 0 Å². The number of cyclic esters (lactones) is 2. The molecule has 3 aliphatic rings. The van der Waals surface area contributed by atoms with E-state index < -0.39 is 22.8 Å². The lowest BCUT2D eigenvalue weighted by molar-refractivity contribution is -0.384. The van der Waals surface area contributed by atoms with Crippen molar-refractivity contribution in [1.29, 1.82) is 0 Å². The quantitative estimate of drug-likeness (QED) is 0.491. The van der Waals surface area contributed by atoms with Crippen molar-refractivity contribution in [3.8, 4) is 0 Å². The molecule has 4 rings (SSSR count). The lowest BCUT2D eigenvalue weighted by Crippen LogP contribution is -2.27. The highest BCUT2D eigenvalue weighted by Crippen LogP contribution is 2.46. The first-order valence-electron chi connectivity index (χ1n) is 6.99. The molecule has 0 fully saturated rings. The highest BCUT2D eigenvalue weighted by Gasteiger charge is 2.46. The van der Waals surface area contributed by atoms with Crippen LogP contribution in [0.2, 0.25) is 5.02 Å². The van der Waals surface area contributed by atoms with Crippen molar-refractivity contribution in [2.24, 2.45) is 0 Å². The largest absolute Gasteiger partial charge is 0.456 e. The van der Waals surface area contributed by atoms with E-state index in [2.05, 4.69) is 5.32 Å². The Kier molecular flexibility index (Phi) is 3.10. The number of carbonyl (C=O) groups is 2. The van der Waals surface area contributed by atoms with Crippen LogP contribution in [-0.4, -0.2) is 30.1 Å². The molecule has 0 unspecified atom stereocenters. The number of benzene rings is 1. The summed E-state index contributed by atoms with van der Waals surface area (Å²) in [4.78, 5) is 34.8. The summed E-state index contributed by atoms with van der Waals surface area (Å²) in [5, 5.41) is 14.0. The summed E-state index contributed by atoms with van der Waals surface area (Å²) >= 11 is 6.20. The van der Waals surface area contributed by atoms with Gasteiger partial charge >= 0.3 is 11.9 Å². The number of hydrogen-bond donors (Lipinski definition) is 1. The number of nitrogens with zero attached hydrogens (tertiary/aromatic N) is 1. The first kappa shape index (κ1) is 14.7. The minimum absolute atomic E-state index is 0.0438. The topological polar surface area (TPSA) is 108 Å². The molecule has 0 aromatic heterocycles. The van der Waals surface area contributed by atoms with Crippen LogP contribution in [-0.2, 0) is 19.1 Å². The fraction of sp³-hybridized carbons (Fsp3) is 0.200. The molecule has 3 heterocycles. The molecule has 0 atom stereocenters. The van der Waals surface area contributed by atoms with E-state index >= 15 is 0 Å². The third-order valence-electron chi connectivity index (χ3n) is 4.18. The first-order chi connectivity index (χ1) is 11.5. The molecule has 0 aliphatic carbocycles. The number of hydrogen-bond acceptors (Lipinski definition) is 7. The van der Waals surface area contributed by atoms with Gasteiger partial charge in [-0.25, -0.2) is 9.59 Å². The number of halogens is 1. The van der Waals surface area contributed by atoms with E-state index in [-0.39, 0.29) is 35.1 Å². The van der Waals surface area contributed by atoms with E-state index in [1.165, 1.54) is 12.1 Å². The van der Waals surface area contributed by atoms with Crippen molar-refractivity contribution in [3.63, 3.8) is 0 Å². The maximum atomic E-state index is 12.1. The van der Waals surface area contributed by atoms with E-state index in [1.54, 1.807) is 6.07 Å². The van der Waals surface area contributed by atoms with Crippen LogP contribution in [0.25, 0.3) is 0 Å². The van der Waals surface area contributed by atoms with Crippen molar-refractivity contribution in [2.75, 3.05) is 13.2 Å². The second-order valence-electron chi connectivity index (χ2n) is 5.43. The van der Waals surface area contributed by atoms with Gasteiger partial charge < -0.3 is 14.8 Å². The van der Waals surface area contributed by atoms with Crippen LogP contribution in [0.5, 0.6) is 0 Å². The standard InChI is InChI=1S/C15H9ClN2O6/c16-13-6(2-1-3-9(13)18(21)22)10-11-7(4-23-14(11)19)17-8-5-24-15(20)12(8)10/h1-3,10,17H,4-5H2. The number of ether oxygens (including phenoxy) is 2. The molecular formula is C15H9ClN2O6. The van der Waals surface area contributed by atoms with Gasteiger partial charge in [-0.1, -0.05) is 23.7 Å². The third-order valence-corrected chi connectivity index (χ3v) is 4.59. The number of nitro groups is 1. The summed E-state index contributed by atoms with van der Waals surface area (Å²) < 4.78 is 10.1. The predicted molar refractivity (Wildman–Crippen MR) is 80.0 cm³/mol. The van der Waals surface area contributed by atoms with Crippen LogP contribution >= 0.6 is 11.6 Å². The minimum Gasteiger partial charge on any atom is -0.456 e. The Labute approximate surface area is 139 Å². The van der Waals surface area contributed by atoms with Gasteiger partial charge in [0.1, 0.15) is 18.2 Å². The number of esters is 2. The zero-order valence-corrected chi connectivity index (χ0v) is 12.8. The number of dihydropyridines is 1. The van der Waals surface area contributed by atoms with Gasteiger partial charge in [-0.3, -0.25) is 10.1 Å². The van der Waals surface area contributed by atoms with Gasteiger partial charge in [-0.2, -0.15) is 0 Å². The molecule has 122 valence electrons. The summed E-state index contributed by atoms with van der Waals surface area (Å²) in [6.07, 6.45) is 0. The average Bonchev–Trinajstić information content (AvgIpc) is 3.10. The molecule has 1 aromatic rings. The molecule has 1 aromatic carbocycles. The normalized spacial score (nSPS) is 19.7. The maximum absolute atomic E-state index is 12.1. The Morgan fingerprint density at radius 1 is 1.12 bits per heavy atom. The van der Waals surface area contributed by atoms with E-state index in [4.69, 9.17) is 21.1 Å². The molecule has 3 aliphatic heterocycles. The summed E-state index contributed by atoms with van der Waals surface area (Å²) in [6, 6.07) is 4.28. The Bertz CT molecular complexity index is 848. The number of carbonyl (C=O) groups excluding carboxylic acids is 2. The van der Waals surface area contributed by atoms with Crippen LogP contribution in [0.15, 0.2) is 40.7 Å². The monoisotopic (exact) mass is 348 g/mol. The van der Waals surface area contributed by atoms with Crippen molar-refractivity contribution in [2.45, 2.75) is 5.92 Å². The number of nitro benzene ring substituents is 1. The van der Waals surface area contributed by atoms with Crippen molar-refractivity contribution >= 4 is 29.2 Å². The molecule has 1 N–H and O–H groups in total. The second kappa shape index (κ2) is 5.07. The van der Waals surface area contributed by atoms with Crippen LogP contribution in [0.4, 0.5) is 5.69 Å². The van der Waals surface area contributed by atoms with Gasteiger partial charge in [0, 0.05) is 6.07 Å². The second-order valence-corrected chi connectivity index (χ2v) is 5.81. The smallest absolute Gasteiger partial charge is 0.337 e. The SMILES string of the molecule is O=C1OCC2=C1C(c1cccc([N+](=O)[O-])c1Cl)C1=C(COC1=O)N2. The zero-order chi connectivity index (χ0) is 17.0. The molecule has 9 heteroatoms. The number of rotatable bonds is 2. The van der Waals surface area contributed by atoms with Gasteiger partial charge in [0.05, 0.1) is 33.4 Å². The summed E-state index contributed by atoms with van der Waals surface area (Å²) in [5.74, 6) is -2.03. The zero-order valence-electron chi connectivity index (χ0n) is 12.0. The highest BCUT2D eigenvalue weighted by atomic mass is 35.5. The van der Waals surface area contributed by atoms with Crippen LogP contribution in [0.1, 0.15) is 11.5 Å². The van der Waals surface area contributed by atoms with Crippen LogP contribution < -0.4 is 5.32 Å². The van der Waals surface area contributed by atoms with Gasteiger partial charge in [0.2, 0.25) is 0 Å². The molecule has 24 heavy (non-hydrogen) atoms. The average molecular weight is 349 g/mol. The van der Waals surface area contributed by atoms with Crippen molar-refractivity contribution < 1.29 is 24.0 Å². The molecule has 0 saturated carbocycles. The van der Waals surface area contributed by atoms with Crippen molar-refractivity contribution in [1.82, 2.24) is 5.32 Å². The molecule has 0 spiro atoms.